The Morgan fingerprint density at radius 1 is 1.04 bits per heavy atom. The van der Waals surface area contributed by atoms with Crippen LogP contribution < -0.4 is 10.6 Å². The van der Waals surface area contributed by atoms with Crippen molar-refractivity contribution in [2.45, 2.75) is 6.92 Å². The number of anilines is 2. The van der Waals surface area contributed by atoms with E-state index in [2.05, 4.69) is 15.6 Å². The molecule has 1 aromatic heterocycles. The first-order valence-corrected chi connectivity index (χ1v) is 8.32. The van der Waals surface area contributed by atoms with Crippen molar-refractivity contribution in [3.05, 3.63) is 66.4 Å². The molecule has 3 rings (SSSR count). The summed E-state index contributed by atoms with van der Waals surface area (Å²) in [6.07, 6.45) is 1.70. The zero-order chi connectivity index (χ0) is 18.4. The molecule has 0 bridgehead atoms. The van der Waals surface area contributed by atoms with Crippen molar-refractivity contribution < 1.29 is 14.3 Å². The number of para-hydroxylation sites is 1. The molecule has 2 N–H and O–H groups in total. The molecule has 0 saturated carbocycles. The monoisotopic (exact) mass is 349 g/mol. The van der Waals surface area contributed by atoms with E-state index in [0.29, 0.717) is 17.9 Å². The summed E-state index contributed by atoms with van der Waals surface area (Å²) in [5.41, 5.74) is 2.64. The van der Waals surface area contributed by atoms with E-state index < -0.39 is 0 Å². The number of aromatic nitrogens is 1. The lowest BCUT2D eigenvalue weighted by atomic mass is 10.2. The normalized spacial score (nSPS) is 10.3. The van der Waals surface area contributed by atoms with Crippen LogP contribution in [0.3, 0.4) is 0 Å². The lowest BCUT2D eigenvalue weighted by Crippen LogP contribution is -2.22. The molecular weight excluding hydrogens is 330 g/mol. The summed E-state index contributed by atoms with van der Waals surface area (Å²) in [6.45, 7) is 2.20. The zero-order valence-electron chi connectivity index (χ0n) is 14.4. The van der Waals surface area contributed by atoms with E-state index in [1.165, 1.54) is 0 Å². The van der Waals surface area contributed by atoms with Crippen LogP contribution in [-0.4, -0.2) is 30.0 Å². The molecule has 1 amide bonds. The predicted octanol–water partition coefficient (Wildman–Crippen LogP) is 3.46. The summed E-state index contributed by atoms with van der Waals surface area (Å²) < 4.78 is 4.94. The molecule has 0 spiro atoms. The molecule has 2 aromatic carbocycles. The minimum Gasteiger partial charge on any atom is -0.462 e. The molecule has 26 heavy (non-hydrogen) atoms. The van der Waals surface area contributed by atoms with Gasteiger partial charge in [0.2, 0.25) is 5.91 Å². The number of carbonyl (C=O) groups excluding carboxylic acids is 2. The van der Waals surface area contributed by atoms with Crippen LogP contribution in [0.1, 0.15) is 17.3 Å². The number of pyridine rings is 1. The highest BCUT2D eigenvalue weighted by molar-refractivity contribution is 6.01. The van der Waals surface area contributed by atoms with Crippen LogP contribution >= 0.6 is 0 Å². The lowest BCUT2D eigenvalue weighted by Gasteiger charge is -2.10. The average molecular weight is 349 g/mol. The van der Waals surface area contributed by atoms with Gasteiger partial charge in [-0.05, 0) is 43.3 Å². The Bertz CT molecular complexity index is 918. The lowest BCUT2D eigenvalue weighted by molar-refractivity contribution is -0.114. The summed E-state index contributed by atoms with van der Waals surface area (Å²) in [6, 6.07) is 16.2. The molecular formula is C20H19N3O3. The molecule has 6 nitrogen and oxygen atoms in total. The number of amides is 1. The maximum atomic E-state index is 12.2. The second-order valence-corrected chi connectivity index (χ2v) is 5.58. The van der Waals surface area contributed by atoms with Crippen LogP contribution in [0, 0.1) is 0 Å². The van der Waals surface area contributed by atoms with Crippen LogP contribution in [0.25, 0.3) is 10.9 Å². The number of hydrogen-bond acceptors (Lipinski definition) is 5. The van der Waals surface area contributed by atoms with Gasteiger partial charge >= 0.3 is 5.97 Å². The highest BCUT2D eigenvalue weighted by Crippen LogP contribution is 2.20. The van der Waals surface area contributed by atoms with E-state index in [0.717, 1.165) is 16.6 Å². The molecule has 0 saturated heterocycles. The van der Waals surface area contributed by atoms with Gasteiger partial charge in [0.15, 0.2) is 0 Å². The van der Waals surface area contributed by atoms with Crippen molar-refractivity contribution in [3.8, 4) is 0 Å². The average Bonchev–Trinajstić information content (AvgIpc) is 2.67. The number of ether oxygens (including phenoxy) is 1. The van der Waals surface area contributed by atoms with Crippen molar-refractivity contribution in [3.63, 3.8) is 0 Å². The standard InChI is InChI=1S/C20H19N3O3/c1-2-26-20(25)15-8-10-16(11-9-15)22-13-18(24)23-17-7-3-5-14-6-4-12-21-19(14)17/h3-12,22H,2,13H2,1H3,(H,23,24). The van der Waals surface area contributed by atoms with Crippen molar-refractivity contribution in [2.75, 3.05) is 23.8 Å². The summed E-state index contributed by atoms with van der Waals surface area (Å²) in [5, 5.41) is 6.86. The third-order valence-corrected chi connectivity index (χ3v) is 3.76. The number of nitrogens with zero attached hydrogens (tertiary/aromatic N) is 1. The van der Waals surface area contributed by atoms with Gasteiger partial charge in [0, 0.05) is 17.3 Å². The molecule has 0 radical (unpaired) electrons. The molecule has 6 heteroatoms. The number of nitrogens with one attached hydrogen (secondary N) is 2. The van der Waals surface area contributed by atoms with Crippen molar-refractivity contribution >= 4 is 34.2 Å². The summed E-state index contributed by atoms with van der Waals surface area (Å²) in [7, 11) is 0. The quantitative estimate of drug-likeness (QED) is 0.666. The molecule has 3 aromatic rings. The Kier molecular flexibility index (Phi) is 5.43. The predicted molar refractivity (Wildman–Crippen MR) is 101 cm³/mol. The Morgan fingerprint density at radius 2 is 1.81 bits per heavy atom. The molecule has 0 fully saturated rings. The summed E-state index contributed by atoms with van der Waals surface area (Å²) in [4.78, 5) is 28.1. The van der Waals surface area contributed by atoms with Gasteiger partial charge in [0.05, 0.1) is 29.9 Å². The van der Waals surface area contributed by atoms with E-state index in [1.54, 1.807) is 37.4 Å². The van der Waals surface area contributed by atoms with Crippen molar-refractivity contribution in [1.82, 2.24) is 4.98 Å². The minimum absolute atomic E-state index is 0.0992. The Balaban J connectivity index is 1.59. The fourth-order valence-corrected chi connectivity index (χ4v) is 2.52. The number of rotatable bonds is 6. The fraction of sp³-hybridized carbons (Fsp3) is 0.150. The van der Waals surface area contributed by atoms with E-state index >= 15 is 0 Å². The Labute approximate surface area is 151 Å². The number of esters is 1. The Morgan fingerprint density at radius 3 is 2.58 bits per heavy atom. The van der Waals surface area contributed by atoms with Gasteiger partial charge in [-0.3, -0.25) is 9.78 Å². The molecule has 0 aliphatic rings. The zero-order valence-corrected chi connectivity index (χ0v) is 14.4. The molecule has 1 heterocycles. The van der Waals surface area contributed by atoms with E-state index in [9.17, 15) is 9.59 Å². The topological polar surface area (TPSA) is 80.3 Å². The third-order valence-electron chi connectivity index (χ3n) is 3.76. The van der Waals surface area contributed by atoms with Gasteiger partial charge < -0.3 is 15.4 Å². The van der Waals surface area contributed by atoms with Gasteiger partial charge in [0.1, 0.15) is 0 Å². The molecule has 0 atom stereocenters. The largest absolute Gasteiger partial charge is 0.462 e. The second kappa shape index (κ2) is 8.11. The van der Waals surface area contributed by atoms with Crippen LogP contribution in [-0.2, 0) is 9.53 Å². The molecule has 0 aliphatic heterocycles. The maximum absolute atomic E-state index is 12.2. The first kappa shape index (κ1) is 17.4. The summed E-state index contributed by atoms with van der Waals surface area (Å²) in [5.74, 6) is -0.544. The first-order valence-electron chi connectivity index (χ1n) is 8.32. The van der Waals surface area contributed by atoms with Crippen LogP contribution in [0.5, 0.6) is 0 Å². The van der Waals surface area contributed by atoms with E-state index in [4.69, 9.17) is 4.74 Å². The minimum atomic E-state index is -0.361. The maximum Gasteiger partial charge on any atom is 0.338 e. The first-order chi connectivity index (χ1) is 12.7. The SMILES string of the molecule is CCOC(=O)c1ccc(NCC(=O)Nc2cccc3cccnc23)cc1. The van der Waals surface area contributed by atoms with Crippen molar-refractivity contribution in [1.29, 1.82) is 0 Å². The fourth-order valence-electron chi connectivity index (χ4n) is 2.52. The third kappa shape index (κ3) is 4.16. The number of hydrogen-bond donors (Lipinski definition) is 2. The molecule has 0 unspecified atom stereocenters. The number of benzene rings is 2. The smallest absolute Gasteiger partial charge is 0.338 e. The molecule has 132 valence electrons. The van der Waals surface area contributed by atoms with E-state index in [-0.39, 0.29) is 18.4 Å². The van der Waals surface area contributed by atoms with Crippen LogP contribution in [0.2, 0.25) is 0 Å². The van der Waals surface area contributed by atoms with Gasteiger partial charge in [-0.25, -0.2) is 4.79 Å². The highest BCUT2D eigenvalue weighted by atomic mass is 16.5. The summed E-state index contributed by atoms with van der Waals surface area (Å²) >= 11 is 0. The highest BCUT2D eigenvalue weighted by Gasteiger charge is 2.08. The van der Waals surface area contributed by atoms with Gasteiger partial charge in [-0.1, -0.05) is 18.2 Å². The van der Waals surface area contributed by atoms with E-state index in [1.807, 2.05) is 30.3 Å². The number of carbonyl (C=O) groups is 2. The molecule has 0 aliphatic carbocycles. The van der Waals surface area contributed by atoms with Crippen molar-refractivity contribution in [2.24, 2.45) is 0 Å². The Hall–Kier alpha value is -3.41. The number of fused-ring (bicyclic) bond motifs is 1. The van der Waals surface area contributed by atoms with Crippen LogP contribution in [0.15, 0.2) is 60.8 Å². The van der Waals surface area contributed by atoms with Gasteiger partial charge in [0.25, 0.3) is 0 Å². The van der Waals surface area contributed by atoms with Crippen LogP contribution in [0.4, 0.5) is 11.4 Å². The van der Waals surface area contributed by atoms with Gasteiger partial charge in [-0.2, -0.15) is 0 Å². The second-order valence-electron chi connectivity index (χ2n) is 5.58. The van der Waals surface area contributed by atoms with Gasteiger partial charge in [-0.15, -0.1) is 0 Å².